The van der Waals surface area contributed by atoms with Crippen LogP contribution in [0.2, 0.25) is 0 Å². The van der Waals surface area contributed by atoms with Crippen molar-refractivity contribution in [1.82, 2.24) is 5.32 Å². The second kappa shape index (κ2) is 7.77. The van der Waals surface area contributed by atoms with E-state index in [-0.39, 0.29) is 17.4 Å². The number of benzene rings is 1. The number of hydrogen-bond donors (Lipinski definition) is 2. The largest absolute Gasteiger partial charge is 0.353 e. The number of nitrogens with two attached hydrogens (primary N) is 1. The Morgan fingerprint density at radius 3 is 2.41 bits per heavy atom. The Balaban J connectivity index is 1.90. The van der Waals surface area contributed by atoms with Crippen molar-refractivity contribution in [2.24, 2.45) is 11.1 Å². The predicted octanol–water partition coefficient (Wildman–Crippen LogP) is 3.59. The number of carbonyl (C=O) groups excluding carboxylic acids is 1. The van der Waals surface area contributed by atoms with Crippen LogP contribution in [0.15, 0.2) is 30.3 Å². The Hall–Kier alpha value is -1.35. The van der Waals surface area contributed by atoms with E-state index in [1.807, 2.05) is 18.2 Å². The van der Waals surface area contributed by atoms with Crippen LogP contribution in [-0.4, -0.2) is 18.5 Å². The van der Waals surface area contributed by atoms with Crippen LogP contribution >= 0.6 is 0 Å². The van der Waals surface area contributed by atoms with Gasteiger partial charge in [0.25, 0.3) is 0 Å². The lowest BCUT2D eigenvalue weighted by Gasteiger charge is -2.36. The summed E-state index contributed by atoms with van der Waals surface area (Å²) in [5.41, 5.74) is 7.29. The molecule has 0 aliphatic heterocycles. The van der Waals surface area contributed by atoms with Crippen molar-refractivity contribution >= 4 is 5.91 Å². The molecule has 3 nitrogen and oxygen atoms in total. The molecule has 1 amide bonds. The molecular weight excluding hydrogens is 272 g/mol. The summed E-state index contributed by atoms with van der Waals surface area (Å²) in [5.74, 6) is 0.466. The number of amides is 1. The molecule has 1 aliphatic rings. The van der Waals surface area contributed by atoms with Crippen LogP contribution in [0, 0.1) is 5.41 Å². The van der Waals surface area contributed by atoms with E-state index in [1.54, 1.807) is 0 Å². The van der Waals surface area contributed by atoms with Gasteiger partial charge in [0.15, 0.2) is 0 Å². The standard InChI is InChI=1S/C19H30N2O/c1-15(17-9-5-3-6-10-17)16(2)21-18(22)13-19(14-20)11-7-4-8-12-19/h3,5-6,9-10,15-16H,4,7-8,11-14,20H2,1-2H3,(H,21,22). The number of nitrogens with one attached hydrogen (secondary N) is 1. The van der Waals surface area contributed by atoms with Crippen molar-refractivity contribution in [3.63, 3.8) is 0 Å². The fourth-order valence-electron chi connectivity index (χ4n) is 3.57. The maximum atomic E-state index is 12.5. The molecule has 3 heteroatoms. The summed E-state index contributed by atoms with van der Waals surface area (Å²) < 4.78 is 0. The van der Waals surface area contributed by atoms with Crippen LogP contribution in [0.5, 0.6) is 0 Å². The van der Waals surface area contributed by atoms with Gasteiger partial charge in [-0.2, -0.15) is 0 Å². The fourth-order valence-corrected chi connectivity index (χ4v) is 3.57. The molecular formula is C19H30N2O. The van der Waals surface area contributed by atoms with Gasteiger partial charge in [0.1, 0.15) is 0 Å². The number of rotatable bonds is 6. The van der Waals surface area contributed by atoms with Crippen LogP contribution in [0.25, 0.3) is 0 Å². The van der Waals surface area contributed by atoms with Crippen molar-refractivity contribution in [3.8, 4) is 0 Å². The van der Waals surface area contributed by atoms with E-state index in [0.717, 1.165) is 12.8 Å². The first kappa shape index (κ1) is 17.0. The minimum absolute atomic E-state index is 0.0397. The molecule has 22 heavy (non-hydrogen) atoms. The molecule has 1 aliphatic carbocycles. The molecule has 0 radical (unpaired) electrons. The summed E-state index contributed by atoms with van der Waals surface area (Å²) in [7, 11) is 0. The highest BCUT2D eigenvalue weighted by Crippen LogP contribution is 2.38. The number of hydrogen-bond acceptors (Lipinski definition) is 2. The average molecular weight is 302 g/mol. The molecule has 2 atom stereocenters. The van der Waals surface area contributed by atoms with Gasteiger partial charge in [-0.1, -0.05) is 56.5 Å². The first-order valence-corrected chi connectivity index (χ1v) is 8.61. The molecule has 1 aromatic carbocycles. The quantitative estimate of drug-likeness (QED) is 0.843. The Labute approximate surface area is 134 Å². The van der Waals surface area contributed by atoms with Gasteiger partial charge in [0.2, 0.25) is 5.91 Å². The molecule has 0 spiro atoms. The van der Waals surface area contributed by atoms with Gasteiger partial charge in [0.05, 0.1) is 0 Å². The Morgan fingerprint density at radius 1 is 1.18 bits per heavy atom. The normalized spacial score (nSPS) is 20.1. The maximum Gasteiger partial charge on any atom is 0.220 e. The third-order valence-electron chi connectivity index (χ3n) is 5.35. The predicted molar refractivity (Wildman–Crippen MR) is 91.7 cm³/mol. The van der Waals surface area contributed by atoms with Gasteiger partial charge in [-0.3, -0.25) is 4.79 Å². The molecule has 1 fully saturated rings. The molecule has 1 aromatic rings. The summed E-state index contributed by atoms with van der Waals surface area (Å²) in [6, 6.07) is 10.5. The summed E-state index contributed by atoms with van der Waals surface area (Å²) >= 11 is 0. The van der Waals surface area contributed by atoms with Gasteiger partial charge in [0, 0.05) is 18.4 Å². The zero-order chi connectivity index (χ0) is 16.0. The fraction of sp³-hybridized carbons (Fsp3) is 0.632. The van der Waals surface area contributed by atoms with Gasteiger partial charge < -0.3 is 11.1 Å². The van der Waals surface area contributed by atoms with Crippen LogP contribution < -0.4 is 11.1 Å². The van der Waals surface area contributed by atoms with E-state index >= 15 is 0 Å². The van der Waals surface area contributed by atoms with E-state index in [0.29, 0.717) is 18.9 Å². The summed E-state index contributed by atoms with van der Waals surface area (Å²) in [4.78, 5) is 12.5. The lowest BCUT2D eigenvalue weighted by atomic mass is 9.71. The molecule has 0 aromatic heterocycles. The summed E-state index contributed by atoms with van der Waals surface area (Å²) in [6.07, 6.45) is 6.47. The highest BCUT2D eigenvalue weighted by molar-refractivity contribution is 5.77. The van der Waals surface area contributed by atoms with E-state index in [9.17, 15) is 4.79 Å². The van der Waals surface area contributed by atoms with Crippen molar-refractivity contribution in [2.45, 2.75) is 64.3 Å². The smallest absolute Gasteiger partial charge is 0.220 e. The van der Waals surface area contributed by atoms with Crippen LogP contribution in [-0.2, 0) is 4.79 Å². The van der Waals surface area contributed by atoms with Crippen molar-refractivity contribution in [1.29, 1.82) is 0 Å². The van der Waals surface area contributed by atoms with Crippen LogP contribution in [0.1, 0.15) is 63.9 Å². The molecule has 3 N–H and O–H groups in total. The van der Waals surface area contributed by atoms with E-state index in [4.69, 9.17) is 5.73 Å². The molecule has 0 saturated heterocycles. The Kier molecular flexibility index (Phi) is 6.01. The highest BCUT2D eigenvalue weighted by Gasteiger charge is 2.33. The van der Waals surface area contributed by atoms with Crippen LogP contribution in [0.4, 0.5) is 0 Å². The van der Waals surface area contributed by atoms with Gasteiger partial charge >= 0.3 is 0 Å². The third-order valence-corrected chi connectivity index (χ3v) is 5.35. The zero-order valence-electron chi connectivity index (χ0n) is 14.0. The van der Waals surface area contributed by atoms with Crippen molar-refractivity contribution in [3.05, 3.63) is 35.9 Å². The first-order valence-electron chi connectivity index (χ1n) is 8.61. The average Bonchev–Trinajstić information content (AvgIpc) is 2.55. The third kappa shape index (κ3) is 4.33. The monoisotopic (exact) mass is 302 g/mol. The zero-order valence-corrected chi connectivity index (χ0v) is 14.0. The summed E-state index contributed by atoms with van der Waals surface area (Å²) in [6.45, 7) is 4.88. The van der Waals surface area contributed by atoms with Gasteiger partial charge in [-0.05, 0) is 37.3 Å². The minimum Gasteiger partial charge on any atom is -0.353 e. The number of carbonyl (C=O) groups is 1. The SMILES string of the molecule is CC(NC(=O)CC1(CN)CCCCC1)C(C)c1ccccc1. The molecule has 2 rings (SSSR count). The Bertz CT molecular complexity index is 466. The Morgan fingerprint density at radius 2 is 1.82 bits per heavy atom. The minimum atomic E-state index is 0.0397. The van der Waals surface area contributed by atoms with E-state index < -0.39 is 0 Å². The highest BCUT2D eigenvalue weighted by atomic mass is 16.1. The second-order valence-electron chi connectivity index (χ2n) is 7.00. The molecule has 2 unspecified atom stereocenters. The second-order valence-corrected chi connectivity index (χ2v) is 7.00. The lowest BCUT2D eigenvalue weighted by molar-refractivity contribution is -0.124. The van der Waals surface area contributed by atoms with Crippen molar-refractivity contribution in [2.75, 3.05) is 6.54 Å². The first-order chi connectivity index (χ1) is 10.6. The molecule has 122 valence electrons. The maximum absolute atomic E-state index is 12.5. The van der Waals surface area contributed by atoms with Crippen LogP contribution in [0.3, 0.4) is 0 Å². The van der Waals surface area contributed by atoms with E-state index in [1.165, 1.54) is 24.8 Å². The van der Waals surface area contributed by atoms with Crippen molar-refractivity contribution < 1.29 is 4.79 Å². The lowest BCUT2D eigenvalue weighted by Crippen LogP contribution is -2.42. The molecule has 0 heterocycles. The van der Waals surface area contributed by atoms with Gasteiger partial charge in [-0.25, -0.2) is 0 Å². The van der Waals surface area contributed by atoms with Gasteiger partial charge in [-0.15, -0.1) is 0 Å². The molecule has 0 bridgehead atoms. The van der Waals surface area contributed by atoms with E-state index in [2.05, 4.69) is 31.3 Å². The summed E-state index contributed by atoms with van der Waals surface area (Å²) in [5, 5.41) is 3.19. The molecule has 1 saturated carbocycles. The topological polar surface area (TPSA) is 55.1 Å².